The molecule has 3 aromatic rings. The summed E-state index contributed by atoms with van der Waals surface area (Å²) in [6.45, 7) is 5.79. The molecule has 0 spiro atoms. The molecule has 0 atom stereocenters. The highest BCUT2D eigenvalue weighted by Gasteiger charge is 2.17. The first-order chi connectivity index (χ1) is 16.7. The van der Waals surface area contributed by atoms with Gasteiger partial charge in [-0.3, -0.25) is 4.90 Å². The predicted molar refractivity (Wildman–Crippen MR) is 138 cm³/mol. The van der Waals surface area contributed by atoms with Crippen LogP contribution in [0.5, 0.6) is 5.75 Å². The summed E-state index contributed by atoms with van der Waals surface area (Å²) in [5.41, 5.74) is 2.96. The zero-order valence-electron chi connectivity index (χ0n) is 19.2. The topological polar surface area (TPSA) is 54.0 Å². The van der Waals surface area contributed by atoms with Crippen LogP contribution in [0.25, 0.3) is 0 Å². The minimum atomic E-state index is -0.111. The van der Waals surface area contributed by atoms with Crippen molar-refractivity contribution in [2.75, 3.05) is 44.7 Å². The molecule has 1 aliphatic rings. The van der Waals surface area contributed by atoms with Gasteiger partial charge in [0.05, 0.1) is 13.2 Å². The number of hydrogen-bond acceptors (Lipinski definition) is 4. The average molecular weight is 524 g/mol. The number of nitrogens with one attached hydrogen (secondary N) is 1. The molecule has 0 bridgehead atoms. The van der Waals surface area contributed by atoms with Crippen LogP contribution in [0.1, 0.15) is 11.1 Å². The van der Waals surface area contributed by atoms with Crippen molar-refractivity contribution in [3.63, 3.8) is 0 Å². The van der Waals surface area contributed by atoms with Crippen molar-refractivity contribution in [2.24, 2.45) is 0 Å². The van der Waals surface area contributed by atoms with Crippen LogP contribution in [0.2, 0.25) is 0 Å². The second-order valence-electron chi connectivity index (χ2n) is 8.23. The lowest BCUT2D eigenvalue weighted by Gasteiger charge is -2.30. The first-order valence-corrected chi connectivity index (χ1v) is 12.3. The van der Waals surface area contributed by atoms with Gasteiger partial charge in [-0.05, 0) is 47.5 Å². The van der Waals surface area contributed by atoms with Gasteiger partial charge >= 0.3 is 6.03 Å². The Morgan fingerprint density at radius 1 is 0.941 bits per heavy atom. The molecular formula is C27H30BrN3O3. The van der Waals surface area contributed by atoms with E-state index in [1.165, 1.54) is 0 Å². The average Bonchev–Trinajstić information content (AvgIpc) is 2.88. The highest BCUT2D eigenvalue weighted by Crippen LogP contribution is 2.18. The van der Waals surface area contributed by atoms with Crippen LogP contribution in [0.3, 0.4) is 0 Å². The number of benzene rings is 3. The standard InChI is InChI=1S/C27H30BrN3O3/c28-24-8-10-25(11-9-24)29-27(32)31(15-14-30-16-18-33-19-17-30)20-22-6-12-26(13-7-22)34-21-23-4-2-1-3-5-23/h1-13H,14-21H2,(H,29,32). The van der Waals surface area contributed by atoms with E-state index in [1.807, 2.05) is 83.8 Å². The van der Waals surface area contributed by atoms with Gasteiger partial charge in [-0.25, -0.2) is 4.79 Å². The third-order valence-corrected chi connectivity index (χ3v) is 6.25. The van der Waals surface area contributed by atoms with E-state index in [9.17, 15) is 4.79 Å². The van der Waals surface area contributed by atoms with Gasteiger partial charge < -0.3 is 19.7 Å². The Hall–Kier alpha value is -2.87. The first-order valence-electron chi connectivity index (χ1n) is 11.5. The number of hydrogen-bond donors (Lipinski definition) is 1. The van der Waals surface area contributed by atoms with Gasteiger partial charge in [0.1, 0.15) is 12.4 Å². The van der Waals surface area contributed by atoms with Gasteiger partial charge in [-0.15, -0.1) is 0 Å². The van der Waals surface area contributed by atoms with E-state index in [4.69, 9.17) is 9.47 Å². The number of rotatable bonds is 9. The van der Waals surface area contributed by atoms with Gasteiger partial charge in [0, 0.05) is 42.9 Å². The quantitative estimate of drug-likeness (QED) is 0.408. The fraction of sp³-hybridized carbons (Fsp3) is 0.296. The molecule has 0 unspecified atom stereocenters. The highest BCUT2D eigenvalue weighted by atomic mass is 79.9. The van der Waals surface area contributed by atoms with Crippen LogP contribution in [-0.4, -0.2) is 55.2 Å². The zero-order valence-corrected chi connectivity index (χ0v) is 20.7. The Kier molecular flexibility index (Phi) is 8.96. The van der Waals surface area contributed by atoms with Crippen molar-refractivity contribution in [3.05, 3.63) is 94.5 Å². The van der Waals surface area contributed by atoms with Crippen molar-refractivity contribution >= 4 is 27.6 Å². The molecule has 0 radical (unpaired) electrons. The van der Waals surface area contributed by atoms with Crippen molar-refractivity contribution in [3.8, 4) is 5.75 Å². The molecule has 1 heterocycles. The molecule has 3 aromatic carbocycles. The Morgan fingerprint density at radius 3 is 2.35 bits per heavy atom. The summed E-state index contributed by atoms with van der Waals surface area (Å²) >= 11 is 3.43. The lowest BCUT2D eigenvalue weighted by Crippen LogP contribution is -2.44. The van der Waals surface area contributed by atoms with Gasteiger partial charge in [0.2, 0.25) is 0 Å². The number of ether oxygens (including phenoxy) is 2. The van der Waals surface area contributed by atoms with E-state index in [0.717, 1.165) is 59.9 Å². The number of morpholine rings is 1. The summed E-state index contributed by atoms with van der Waals surface area (Å²) < 4.78 is 12.3. The molecule has 0 saturated carbocycles. The molecule has 0 aromatic heterocycles. The van der Waals surface area contributed by atoms with E-state index < -0.39 is 0 Å². The van der Waals surface area contributed by atoms with Crippen LogP contribution >= 0.6 is 15.9 Å². The largest absolute Gasteiger partial charge is 0.489 e. The Labute approximate surface area is 209 Å². The van der Waals surface area contributed by atoms with Gasteiger partial charge in [0.25, 0.3) is 0 Å². The molecule has 2 amide bonds. The third-order valence-electron chi connectivity index (χ3n) is 5.72. The summed E-state index contributed by atoms with van der Waals surface area (Å²) in [5.74, 6) is 0.812. The predicted octanol–water partition coefficient (Wildman–Crippen LogP) is 5.39. The highest BCUT2D eigenvalue weighted by molar-refractivity contribution is 9.10. The number of carbonyl (C=O) groups is 1. The summed E-state index contributed by atoms with van der Waals surface area (Å²) in [4.78, 5) is 17.3. The van der Waals surface area contributed by atoms with E-state index in [-0.39, 0.29) is 6.03 Å². The normalized spacial score (nSPS) is 13.9. The molecule has 1 saturated heterocycles. The first kappa shape index (κ1) is 24.3. The van der Waals surface area contributed by atoms with Crippen LogP contribution < -0.4 is 10.1 Å². The Balaban J connectivity index is 1.37. The molecular weight excluding hydrogens is 494 g/mol. The van der Waals surface area contributed by atoms with Crippen LogP contribution in [0, 0.1) is 0 Å². The molecule has 1 fully saturated rings. The molecule has 0 aliphatic carbocycles. The maximum atomic E-state index is 13.1. The fourth-order valence-electron chi connectivity index (χ4n) is 3.73. The Bertz CT molecular complexity index is 1020. The molecule has 7 heteroatoms. The summed E-state index contributed by atoms with van der Waals surface area (Å²) in [5, 5.41) is 3.03. The van der Waals surface area contributed by atoms with Crippen molar-refractivity contribution < 1.29 is 14.3 Å². The lowest BCUT2D eigenvalue weighted by atomic mass is 10.2. The number of carbonyl (C=O) groups excluding carboxylic acids is 1. The fourth-order valence-corrected chi connectivity index (χ4v) is 3.99. The second kappa shape index (κ2) is 12.6. The van der Waals surface area contributed by atoms with Crippen LogP contribution in [0.4, 0.5) is 10.5 Å². The molecule has 178 valence electrons. The smallest absolute Gasteiger partial charge is 0.322 e. The number of urea groups is 1. The third kappa shape index (κ3) is 7.58. The van der Waals surface area contributed by atoms with Crippen molar-refractivity contribution in [2.45, 2.75) is 13.2 Å². The molecule has 1 aliphatic heterocycles. The van der Waals surface area contributed by atoms with Gasteiger partial charge in [-0.1, -0.05) is 58.4 Å². The van der Waals surface area contributed by atoms with Gasteiger partial charge in [0.15, 0.2) is 0 Å². The number of amides is 2. The maximum Gasteiger partial charge on any atom is 0.322 e. The van der Waals surface area contributed by atoms with E-state index in [1.54, 1.807) is 0 Å². The zero-order chi connectivity index (χ0) is 23.6. The number of anilines is 1. The van der Waals surface area contributed by atoms with E-state index in [0.29, 0.717) is 19.7 Å². The van der Waals surface area contributed by atoms with Gasteiger partial charge in [-0.2, -0.15) is 0 Å². The monoisotopic (exact) mass is 523 g/mol. The van der Waals surface area contributed by atoms with E-state index in [2.05, 4.69) is 26.1 Å². The van der Waals surface area contributed by atoms with Crippen LogP contribution in [-0.2, 0) is 17.9 Å². The van der Waals surface area contributed by atoms with Crippen molar-refractivity contribution in [1.82, 2.24) is 9.80 Å². The molecule has 1 N–H and O–H groups in total. The molecule has 6 nitrogen and oxygen atoms in total. The number of halogens is 1. The molecule has 34 heavy (non-hydrogen) atoms. The Morgan fingerprint density at radius 2 is 1.65 bits per heavy atom. The SMILES string of the molecule is O=C(Nc1ccc(Br)cc1)N(CCN1CCOCC1)Cc1ccc(OCc2ccccc2)cc1. The summed E-state index contributed by atoms with van der Waals surface area (Å²) in [7, 11) is 0. The maximum absolute atomic E-state index is 13.1. The summed E-state index contributed by atoms with van der Waals surface area (Å²) in [6, 6.07) is 25.6. The van der Waals surface area contributed by atoms with E-state index >= 15 is 0 Å². The number of nitrogens with zero attached hydrogens (tertiary/aromatic N) is 2. The van der Waals surface area contributed by atoms with Crippen LogP contribution in [0.15, 0.2) is 83.3 Å². The van der Waals surface area contributed by atoms with Crippen molar-refractivity contribution in [1.29, 1.82) is 0 Å². The summed E-state index contributed by atoms with van der Waals surface area (Å²) in [6.07, 6.45) is 0. The second-order valence-corrected chi connectivity index (χ2v) is 9.15. The minimum absolute atomic E-state index is 0.111. The molecule has 4 rings (SSSR count). The minimum Gasteiger partial charge on any atom is -0.489 e. The lowest BCUT2D eigenvalue weighted by molar-refractivity contribution is 0.0349.